The molecular weight excluding hydrogens is 223 g/mol. The minimum Gasteiger partial charge on any atom is -0.105 e. The Morgan fingerprint density at radius 1 is 0.882 bits per heavy atom. The Morgan fingerprint density at radius 3 is 2.35 bits per heavy atom. The summed E-state index contributed by atoms with van der Waals surface area (Å²) in [4.78, 5) is 0. The van der Waals surface area contributed by atoms with E-state index in [-0.39, 0.29) is 0 Å². The summed E-state index contributed by atoms with van der Waals surface area (Å²) >= 11 is 0. The quantitative estimate of drug-likeness (QED) is 0.719. The summed E-state index contributed by atoms with van der Waals surface area (Å²) in [6.45, 7) is 2.23. The maximum atomic E-state index is 2.86. The van der Waals surface area contributed by atoms with E-state index in [2.05, 4.69) is 64.7 Å². The molecule has 0 nitrogen and oxygen atoms in total. The van der Waals surface area contributed by atoms with Crippen LogP contribution in [0.2, 0.25) is 0 Å². The molecule has 1 heteroatoms. The van der Waals surface area contributed by atoms with Gasteiger partial charge in [-0.15, -0.1) is 9.24 Å². The SMILES string of the molecule is CCc1cccc(P)c1CCc1ccccc1. The number of rotatable bonds is 4. The number of aryl methyl sites for hydroxylation is 2. The molecule has 0 bridgehead atoms. The van der Waals surface area contributed by atoms with Gasteiger partial charge >= 0.3 is 0 Å². The zero-order valence-corrected chi connectivity index (χ0v) is 11.5. The molecule has 0 radical (unpaired) electrons. The average molecular weight is 242 g/mol. The molecule has 0 saturated heterocycles. The summed E-state index contributed by atoms with van der Waals surface area (Å²) in [5.41, 5.74) is 4.40. The molecule has 17 heavy (non-hydrogen) atoms. The Kier molecular flexibility index (Phi) is 4.34. The zero-order chi connectivity index (χ0) is 12.1. The smallest absolute Gasteiger partial charge is 0.0229 e. The molecular formula is C16H19P. The van der Waals surface area contributed by atoms with Crippen molar-refractivity contribution in [3.05, 3.63) is 65.2 Å². The van der Waals surface area contributed by atoms with Crippen molar-refractivity contribution in [2.75, 3.05) is 0 Å². The van der Waals surface area contributed by atoms with Crippen LogP contribution in [0.5, 0.6) is 0 Å². The van der Waals surface area contributed by atoms with Gasteiger partial charge in [-0.3, -0.25) is 0 Å². The van der Waals surface area contributed by atoms with Gasteiger partial charge in [-0.1, -0.05) is 55.5 Å². The van der Waals surface area contributed by atoms with Crippen molar-refractivity contribution in [2.45, 2.75) is 26.2 Å². The fourth-order valence-electron chi connectivity index (χ4n) is 2.20. The molecule has 0 spiro atoms. The van der Waals surface area contributed by atoms with E-state index >= 15 is 0 Å². The van der Waals surface area contributed by atoms with Crippen LogP contribution in [0, 0.1) is 0 Å². The van der Waals surface area contributed by atoms with Gasteiger partial charge in [0.1, 0.15) is 0 Å². The fraction of sp³-hybridized carbons (Fsp3) is 0.250. The van der Waals surface area contributed by atoms with E-state index in [0.29, 0.717) is 0 Å². The van der Waals surface area contributed by atoms with Crippen LogP contribution >= 0.6 is 9.24 Å². The van der Waals surface area contributed by atoms with Gasteiger partial charge in [-0.25, -0.2) is 0 Å². The third-order valence-corrected chi connectivity index (χ3v) is 3.74. The second-order valence-electron chi connectivity index (χ2n) is 4.32. The summed E-state index contributed by atoms with van der Waals surface area (Å²) in [6.07, 6.45) is 3.37. The summed E-state index contributed by atoms with van der Waals surface area (Å²) in [5, 5.41) is 1.35. The first kappa shape index (κ1) is 12.3. The Labute approximate surface area is 106 Å². The van der Waals surface area contributed by atoms with Crippen LogP contribution in [0.4, 0.5) is 0 Å². The first-order valence-electron chi connectivity index (χ1n) is 6.21. The molecule has 1 atom stereocenters. The van der Waals surface area contributed by atoms with Crippen molar-refractivity contribution in [3.63, 3.8) is 0 Å². The predicted octanol–water partition coefficient (Wildman–Crippen LogP) is 3.53. The van der Waals surface area contributed by atoms with Gasteiger partial charge < -0.3 is 0 Å². The molecule has 0 N–H and O–H groups in total. The molecule has 2 rings (SSSR count). The van der Waals surface area contributed by atoms with Gasteiger partial charge in [-0.2, -0.15) is 0 Å². The first-order valence-corrected chi connectivity index (χ1v) is 6.79. The molecule has 0 saturated carbocycles. The van der Waals surface area contributed by atoms with Gasteiger partial charge in [0.05, 0.1) is 0 Å². The van der Waals surface area contributed by atoms with Gasteiger partial charge in [0.2, 0.25) is 0 Å². The van der Waals surface area contributed by atoms with E-state index in [1.807, 2.05) is 0 Å². The maximum absolute atomic E-state index is 2.86. The highest BCUT2D eigenvalue weighted by Gasteiger charge is 2.04. The lowest BCUT2D eigenvalue weighted by atomic mass is 9.98. The fourth-order valence-corrected chi connectivity index (χ4v) is 2.65. The van der Waals surface area contributed by atoms with Crippen molar-refractivity contribution in [1.82, 2.24) is 0 Å². The van der Waals surface area contributed by atoms with Crippen molar-refractivity contribution in [2.24, 2.45) is 0 Å². The van der Waals surface area contributed by atoms with E-state index in [1.165, 1.54) is 22.0 Å². The highest BCUT2D eigenvalue weighted by molar-refractivity contribution is 7.27. The summed E-state index contributed by atoms with van der Waals surface area (Å²) in [7, 11) is 2.86. The van der Waals surface area contributed by atoms with Crippen LogP contribution in [0.15, 0.2) is 48.5 Å². The van der Waals surface area contributed by atoms with Crippen LogP contribution < -0.4 is 5.30 Å². The molecule has 0 aromatic heterocycles. The van der Waals surface area contributed by atoms with E-state index < -0.39 is 0 Å². The molecule has 1 unspecified atom stereocenters. The molecule has 0 heterocycles. The van der Waals surface area contributed by atoms with Crippen molar-refractivity contribution in [3.8, 4) is 0 Å². The molecule has 0 amide bonds. The van der Waals surface area contributed by atoms with Gasteiger partial charge in [-0.05, 0) is 41.3 Å². The maximum Gasteiger partial charge on any atom is -0.0229 e. The summed E-state index contributed by atoms with van der Waals surface area (Å²) < 4.78 is 0. The molecule has 0 aliphatic heterocycles. The minimum atomic E-state index is 1.12. The van der Waals surface area contributed by atoms with E-state index in [1.54, 1.807) is 0 Å². The lowest BCUT2D eigenvalue weighted by molar-refractivity contribution is 0.938. The third-order valence-electron chi connectivity index (χ3n) is 3.20. The van der Waals surface area contributed by atoms with E-state index in [4.69, 9.17) is 0 Å². The van der Waals surface area contributed by atoms with E-state index in [0.717, 1.165) is 19.3 Å². The second-order valence-corrected chi connectivity index (χ2v) is 4.95. The van der Waals surface area contributed by atoms with Crippen LogP contribution in [0.3, 0.4) is 0 Å². The van der Waals surface area contributed by atoms with Crippen LogP contribution in [0.25, 0.3) is 0 Å². The van der Waals surface area contributed by atoms with Crippen molar-refractivity contribution < 1.29 is 0 Å². The third kappa shape index (κ3) is 3.17. The molecule has 0 aliphatic rings. The molecule has 0 fully saturated rings. The molecule has 0 aliphatic carbocycles. The largest absolute Gasteiger partial charge is 0.105 e. The Balaban J connectivity index is 2.14. The van der Waals surface area contributed by atoms with Crippen molar-refractivity contribution >= 4 is 14.5 Å². The molecule has 88 valence electrons. The van der Waals surface area contributed by atoms with Gasteiger partial charge in [0.25, 0.3) is 0 Å². The lowest BCUT2D eigenvalue weighted by Gasteiger charge is -2.11. The average Bonchev–Trinajstić information content (AvgIpc) is 2.38. The topological polar surface area (TPSA) is 0 Å². The Hall–Kier alpha value is -1.13. The molecule has 2 aromatic rings. The number of hydrogen-bond donors (Lipinski definition) is 0. The Bertz CT molecular complexity index is 474. The van der Waals surface area contributed by atoms with Crippen molar-refractivity contribution in [1.29, 1.82) is 0 Å². The predicted molar refractivity (Wildman–Crippen MR) is 79.0 cm³/mol. The standard InChI is InChI=1S/C16H19P/c1-2-14-9-6-10-16(17)15(14)12-11-13-7-4-3-5-8-13/h3-10H,2,11-12,17H2,1H3. The monoisotopic (exact) mass is 242 g/mol. The number of benzene rings is 2. The minimum absolute atomic E-state index is 1.12. The highest BCUT2D eigenvalue weighted by atomic mass is 31.0. The second kappa shape index (κ2) is 5.98. The zero-order valence-electron chi connectivity index (χ0n) is 10.3. The van der Waals surface area contributed by atoms with Crippen LogP contribution in [-0.4, -0.2) is 0 Å². The van der Waals surface area contributed by atoms with Gasteiger partial charge in [0, 0.05) is 0 Å². The normalized spacial score (nSPS) is 10.5. The first-order chi connectivity index (χ1) is 8.31. The number of hydrogen-bond acceptors (Lipinski definition) is 0. The van der Waals surface area contributed by atoms with Gasteiger partial charge in [0.15, 0.2) is 0 Å². The van der Waals surface area contributed by atoms with Crippen LogP contribution in [-0.2, 0) is 19.3 Å². The van der Waals surface area contributed by atoms with E-state index in [9.17, 15) is 0 Å². The highest BCUT2D eigenvalue weighted by Crippen LogP contribution is 2.13. The van der Waals surface area contributed by atoms with Crippen LogP contribution in [0.1, 0.15) is 23.6 Å². The molecule has 2 aromatic carbocycles. The summed E-state index contributed by atoms with van der Waals surface area (Å²) in [5.74, 6) is 0. The summed E-state index contributed by atoms with van der Waals surface area (Å²) in [6, 6.07) is 17.3. The Morgan fingerprint density at radius 2 is 1.65 bits per heavy atom. The lowest BCUT2D eigenvalue weighted by Crippen LogP contribution is -2.07.